The van der Waals surface area contributed by atoms with Crippen molar-refractivity contribution >= 4 is 16.9 Å². The summed E-state index contributed by atoms with van der Waals surface area (Å²) in [5.74, 6) is 1.09. The summed E-state index contributed by atoms with van der Waals surface area (Å²) in [5.41, 5.74) is 0. The van der Waals surface area contributed by atoms with Crippen molar-refractivity contribution in [1.82, 2.24) is 0 Å². The molecule has 0 heterocycles. The third-order valence-corrected chi connectivity index (χ3v) is 1.98. The number of carbonyl (C=O) groups excluding carboxylic acids is 1. The molecule has 1 aliphatic rings. The van der Waals surface area contributed by atoms with Crippen LogP contribution < -0.4 is 0 Å². The molecule has 1 rings (SSSR count). The second-order valence-electron chi connectivity index (χ2n) is 1.94. The van der Waals surface area contributed by atoms with Crippen LogP contribution in [0.4, 0.5) is 0 Å². The highest BCUT2D eigenvalue weighted by Gasteiger charge is 2.28. The summed E-state index contributed by atoms with van der Waals surface area (Å²) in [5, 5.41) is 0.347. The van der Waals surface area contributed by atoms with Crippen LogP contribution in [-0.2, 0) is 4.79 Å². The van der Waals surface area contributed by atoms with Crippen molar-refractivity contribution in [3.63, 3.8) is 0 Å². The second kappa shape index (κ2) is 2.53. The van der Waals surface area contributed by atoms with Crippen LogP contribution in [-0.4, -0.2) is 10.9 Å². The minimum absolute atomic E-state index is 0.347. The molecule has 1 fully saturated rings. The van der Waals surface area contributed by atoms with Crippen molar-refractivity contribution in [3.8, 4) is 0 Å². The fourth-order valence-corrected chi connectivity index (χ4v) is 1.21. The molecule has 2 heteroatoms. The first-order valence-electron chi connectivity index (χ1n) is 2.80. The van der Waals surface area contributed by atoms with E-state index in [1.807, 2.05) is 0 Å². The van der Waals surface area contributed by atoms with Gasteiger partial charge >= 0.3 is 0 Å². The normalized spacial score (nSPS) is 18.6. The Morgan fingerprint density at radius 1 is 1.75 bits per heavy atom. The molecule has 1 radical (unpaired) electrons. The number of thioether (sulfide) groups is 1. The zero-order valence-corrected chi connectivity index (χ0v) is 5.54. The third kappa shape index (κ3) is 1.51. The average Bonchev–Trinajstić information content (AvgIpc) is 2.45. The second-order valence-corrected chi connectivity index (χ2v) is 3.04. The summed E-state index contributed by atoms with van der Waals surface area (Å²) in [6, 6.07) is 0. The molecule has 0 unspecified atom stereocenters. The molecule has 1 nitrogen and oxygen atoms in total. The molecule has 0 bridgehead atoms. The highest BCUT2D eigenvalue weighted by molar-refractivity contribution is 8.13. The summed E-state index contributed by atoms with van der Waals surface area (Å²) in [6.07, 6.45) is 2.23. The van der Waals surface area contributed by atoms with E-state index in [-0.39, 0.29) is 0 Å². The Bertz CT molecular complexity index is 96.7. The molecule has 0 saturated heterocycles. The number of hydrogen-bond donors (Lipinski definition) is 0. The van der Waals surface area contributed by atoms with Gasteiger partial charge in [0.25, 0.3) is 0 Å². The van der Waals surface area contributed by atoms with E-state index < -0.39 is 0 Å². The molecular formula is C6H9OS. The van der Waals surface area contributed by atoms with E-state index in [0.29, 0.717) is 16.8 Å². The van der Waals surface area contributed by atoms with Gasteiger partial charge in [0.2, 0.25) is 0 Å². The molecule has 0 N–H and O–H groups in total. The van der Waals surface area contributed by atoms with E-state index in [9.17, 15) is 4.79 Å². The minimum Gasteiger partial charge on any atom is -0.287 e. The molecule has 0 amide bonds. The standard InChI is InChI=1S/C6H9OS/c1-2-8-6(7)5-3-4-5/h5H,1-4H2. The Balaban J connectivity index is 2.13. The lowest BCUT2D eigenvalue weighted by atomic mass is 10.5. The van der Waals surface area contributed by atoms with Crippen LogP contribution in [0.1, 0.15) is 12.8 Å². The van der Waals surface area contributed by atoms with Gasteiger partial charge in [0.05, 0.1) is 0 Å². The van der Waals surface area contributed by atoms with Gasteiger partial charge in [-0.2, -0.15) is 0 Å². The van der Waals surface area contributed by atoms with Crippen LogP contribution in [0.15, 0.2) is 0 Å². The number of hydrogen-bond acceptors (Lipinski definition) is 2. The lowest BCUT2D eigenvalue weighted by Gasteiger charge is -1.89. The predicted molar refractivity (Wildman–Crippen MR) is 35.5 cm³/mol. The molecule has 0 aromatic rings. The molecule has 8 heavy (non-hydrogen) atoms. The molecular weight excluding hydrogens is 120 g/mol. The summed E-state index contributed by atoms with van der Waals surface area (Å²) in [6.45, 7) is 3.58. The lowest BCUT2D eigenvalue weighted by Crippen LogP contribution is -1.92. The average molecular weight is 129 g/mol. The first kappa shape index (κ1) is 6.14. The molecule has 0 aromatic carbocycles. The Kier molecular flexibility index (Phi) is 1.95. The van der Waals surface area contributed by atoms with Gasteiger partial charge < -0.3 is 0 Å². The summed E-state index contributed by atoms with van der Waals surface area (Å²) in [7, 11) is 0. The van der Waals surface area contributed by atoms with E-state index in [1.54, 1.807) is 0 Å². The fraction of sp³-hybridized carbons (Fsp3) is 0.667. The van der Waals surface area contributed by atoms with Crippen molar-refractivity contribution in [2.75, 3.05) is 5.75 Å². The van der Waals surface area contributed by atoms with E-state index in [1.165, 1.54) is 11.8 Å². The Morgan fingerprint density at radius 2 is 2.38 bits per heavy atom. The molecule has 45 valence electrons. The van der Waals surface area contributed by atoms with Gasteiger partial charge in [-0.3, -0.25) is 4.79 Å². The van der Waals surface area contributed by atoms with Gasteiger partial charge in [-0.1, -0.05) is 11.8 Å². The van der Waals surface area contributed by atoms with Gasteiger partial charge in [0.1, 0.15) is 0 Å². The first-order valence-corrected chi connectivity index (χ1v) is 3.79. The van der Waals surface area contributed by atoms with E-state index >= 15 is 0 Å². The largest absolute Gasteiger partial charge is 0.287 e. The van der Waals surface area contributed by atoms with Crippen molar-refractivity contribution in [2.45, 2.75) is 12.8 Å². The SMILES string of the molecule is [CH2]CSC(=O)C1CC1. The summed E-state index contributed by atoms with van der Waals surface area (Å²) in [4.78, 5) is 10.7. The smallest absolute Gasteiger partial charge is 0.192 e. The maximum Gasteiger partial charge on any atom is 0.192 e. The molecule has 0 aromatic heterocycles. The molecule has 0 atom stereocenters. The Labute approximate surface area is 53.8 Å². The Morgan fingerprint density at radius 3 is 2.75 bits per heavy atom. The van der Waals surface area contributed by atoms with Gasteiger partial charge in [-0.15, -0.1) is 0 Å². The monoisotopic (exact) mass is 129 g/mol. The molecule has 0 aliphatic heterocycles. The quantitative estimate of drug-likeness (QED) is 0.562. The molecule has 1 saturated carbocycles. The van der Waals surface area contributed by atoms with Crippen LogP contribution in [0.2, 0.25) is 0 Å². The van der Waals surface area contributed by atoms with Crippen molar-refractivity contribution < 1.29 is 4.79 Å². The van der Waals surface area contributed by atoms with Crippen LogP contribution in [0.3, 0.4) is 0 Å². The minimum atomic E-state index is 0.347. The maximum absolute atomic E-state index is 10.7. The molecule has 0 spiro atoms. The van der Waals surface area contributed by atoms with Crippen LogP contribution >= 0.6 is 11.8 Å². The van der Waals surface area contributed by atoms with E-state index in [0.717, 1.165) is 12.8 Å². The predicted octanol–water partition coefficient (Wildman–Crippen LogP) is 1.49. The topological polar surface area (TPSA) is 17.1 Å². The van der Waals surface area contributed by atoms with Crippen LogP contribution in [0.25, 0.3) is 0 Å². The highest BCUT2D eigenvalue weighted by Crippen LogP contribution is 2.33. The summed E-state index contributed by atoms with van der Waals surface area (Å²) >= 11 is 1.35. The van der Waals surface area contributed by atoms with Gasteiger partial charge in [0.15, 0.2) is 5.12 Å². The maximum atomic E-state index is 10.7. The molecule has 1 aliphatic carbocycles. The van der Waals surface area contributed by atoms with E-state index in [4.69, 9.17) is 0 Å². The van der Waals surface area contributed by atoms with Crippen LogP contribution in [0, 0.1) is 12.8 Å². The third-order valence-electron chi connectivity index (χ3n) is 1.16. The van der Waals surface area contributed by atoms with Gasteiger partial charge in [-0.25, -0.2) is 0 Å². The first-order chi connectivity index (χ1) is 3.84. The van der Waals surface area contributed by atoms with Crippen molar-refractivity contribution in [3.05, 3.63) is 6.92 Å². The Hall–Kier alpha value is 0.0200. The van der Waals surface area contributed by atoms with Gasteiger partial charge in [-0.05, 0) is 19.8 Å². The number of carbonyl (C=O) groups is 1. The zero-order chi connectivity index (χ0) is 5.98. The summed E-state index contributed by atoms with van der Waals surface area (Å²) < 4.78 is 0. The van der Waals surface area contributed by atoms with Gasteiger partial charge in [0, 0.05) is 11.7 Å². The highest BCUT2D eigenvalue weighted by atomic mass is 32.2. The van der Waals surface area contributed by atoms with Crippen LogP contribution in [0.5, 0.6) is 0 Å². The zero-order valence-electron chi connectivity index (χ0n) is 4.72. The van der Waals surface area contributed by atoms with E-state index in [2.05, 4.69) is 6.92 Å². The fourth-order valence-electron chi connectivity index (χ4n) is 0.537. The van der Waals surface area contributed by atoms with Crippen molar-refractivity contribution in [1.29, 1.82) is 0 Å². The lowest BCUT2D eigenvalue weighted by molar-refractivity contribution is -0.112. The van der Waals surface area contributed by atoms with Crippen molar-refractivity contribution in [2.24, 2.45) is 5.92 Å². The number of rotatable bonds is 2.